The quantitative estimate of drug-likeness (QED) is 0.0245. The van der Waals surface area contributed by atoms with Gasteiger partial charge in [0, 0.05) is 6.54 Å². The van der Waals surface area contributed by atoms with Gasteiger partial charge in [-0.1, -0.05) is 12.1 Å². The fraction of sp³-hybridized carbons (Fsp3) is 0.486. The minimum Gasteiger partial charge on any atom is -0.481 e. The molecule has 0 aromatic heterocycles. The van der Waals surface area contributed by atoms with Crippen molar-refractivity contribution < 1.29 is 77.2 Å². The molecular weight excluding hydrogens is 732 g/mol. The Hall–Kier alpha value is -5.38. The molecule has 0 aliphatic rings. The van der Waals surface area contributed by atoms with Crippen LogP contribution in [0.3, 0.4) is 0 Å². The summed E-state index contributed by atoms with van der Waals surface area (Å²) in [5, 5.41) is 27.4. The van der Waals surface area contributed by atoms with Crippen molar-refractivity contribution in [2.45, 2.75) is 25.5 Å². The first-order valence-corrected chi connectivity index (χ1v) is 17.0. The van der Waals surface area contributed by atoms with Crippen LogP contribution < -0.4 is 16.2 Å². The van der Waals surface area contributed by atoms with Gasteiger partial charge in [-0.05, 0) is 42.0 Å². The minimum atomic E-state index is -1.72. The molecule has 7 N–H and O–H groups in total. The molecule has 0 spiro atoms. The van der Waals surface area contributed by atoms with E-state index < -0.39 is 42.4 Å². The highest BCUT2D eigenvalue weighted by Gasteiger charge is 2.32. The third-order valence-corrected chi connectivity index (χ3v) is 6.92. The number of ether oxygens (including phenoxy) is 8. The summed E-state index contributed by atoms with van der Waals surface area (Å²) in [6.07, 6.45) is -1.99. The van der Waals surface area contributed by atoms with Gasteiger partial charge >= 0.3 is 30.0 Å². The first-order chi connectivity index (χ1) is 26.5. The van der Waals surface area contributed by atoms with E-state index in [1.54, 1.807) is 12.1 Å². The van der Waals surface area contributed by atoms with E-state index in [-0.39, 0.29) is 69.9 Å². The van der Waals surface area contributed by atoms with Crippen molar-refractivity contribution in [2.24, 2.45) is 16.5 Å². The van der Waals surface area contributed by atoms with Crippen LogP contribution in [0.5, 0.6) is 5.75 Å². The van der Waals surface area contributed by atoms with Gasteiger partial charge in [-0.2, -0.15) is 0 Å². The van der Waals surface area contributed by atoms with Crippen molar-refractivity contribution in [3.63, 3.8) is 0 Å². The molecule has 0 aliphatic carbocycles. The number of hydrogen-bond donors (Lipinski definition) is 5. The maximum absolute atomic E-state index is 13.0. The number of carbonyl (C=O) groups excluding carboxylic acids is 2. The second kappa shape index (κ2) is 27.2. The monoisotopic (exact) mass is 780 g/mol. The number of nitrogens with two attached hydrogens (primary N) is 2. The van der Waals surface area contributed by atoms with Crippen molar-refractivity contribution in [2.75, 3.05) is 85.8 Å². The summed E-state index contributed by atoms with van der Waals surface area (Å²) in [6.45, 7) is 2.34. The molecular formula is C35H48N4O16. The van der Waals surface area contributed by atoms with E-state index in [1.807, 2.05) is 0 Å². The predicted molar refractivity (Wildman–Crippen MR) is 191 cm³/mol. The summed E-state index contributed by atoms with van der Waals surface area (Å²) in [4.78, 5) is 63.7. The SMILES string of the molecule is NC(N)=Nc1ccc(C(=O)Oc2ccc(COC(=O)N(CCOCCOCCOCCOCCOCCOCCC(=O)O)C(CC(=O)O)C(=O)O)cc2)cc1. The van der Waals surface area contributed by atoms with E-state index in [1.165, 1.54) is 36.4 Å². The van der Waals surface area contributed by atoms with E-state index in [4.69, 9.17) is 54.5 Å². The summed E-state index contributed by atoms with van der Waals surface area (Å²) < 4.78 is 42.7. The Bertz CT molecular complexity index is 1490. The van der Waals surface area contributed by atoms with Crippen LogP contribution in [0.25, 0.3) is 0 Å². The van der Waals surface area contributed by atoms with Gasteiger partial charge in [0.25, 0.3) is 0 Å². The summed E-state index contributed by atoms with van der Waals surface area (Å²) in [7, 11) is 0. The van der Waals surface area contributed by atoms with Crippen molar-refractivity contribution in [3.05, 3.63) is 59.7 Å². The summed E-state index contributed by atoms with van der Waals surface area (Å²) >= 11 is 0. The fourth-order valence-corrected chi connectivity index (χ4v) is 4.26. The van der Waals surface area contributed by atoms with Gasteiger partial charge in [-0.15, -0.1) is 0 Å². The molecule has 304 valence electrons. The highest BCUT2D eigenvalue weighted by atomic mass is 16.6. The van der Waals surface area contributed by atoms with Crippen LogP contribution in [0.1, 0.15) is 28.8 Å². The standard InChI is InChI=1S/C35H48N4O16/c36-34(37)38-27-5-3-26(4-6-27)33(46)55-28-7-1-25(2-8-28)24-54-35(47)39(29(32(44)45)23-31(42)43)10-12-49-14-16-51-18-20-53-22-21-52-19-17-50-15-13-48-11-9-30(40)41/h1-8,29H,9-24H2,(H,40,41)(H,42,43)(H,44,45)(H4,36,37,38). The van der Waals surface area contributed by atoms with Gasteiger partial charge in [0.2, 0.25) is 0 Å². The van der Waals surface area contributed by atoms with E-state index >= 15 is 0 Å². The van der Waals surface area contributed by atoms with E-state index in [0.29, 0.717) is 57.5 Å². The van der Waals surface area contributed by atoms with Gasteiger partial charge in [0.1, 0.15) is 18.4 Å². The zero-order valence-electron chi connectivity index (χ0n) is 30.2. The van der Waals surface area contributed by atoms with Crippen molar-refractivity contribution in [1.29, 1.82) is 0 Å². The van der Waals surface area contributed by atoms with Crippen LogP contribution in [-0.2, 0) is 54.1 Å². The Morgan fingerprint density at radius 3 is 1.58 bits per heavy atom. The molecule has 0 bridgehead atoms. The summed E-state index contributed by atoms with van der Waals surface area (Å²) in [5.41, 5.74) is 11.9. The minimum absolute atomic E-state index is 0.0523. The Kier molecular flexibility index (Phi) is 22.7. The lowest BCUT2D eigenvalue weighted by atomic mass is 10.2. The van der Waals surface area contributed by atoms with Gasteiger partial charge < -0.3 is 64.7 Å². The Morgan fingerprint density at radius 2 is 1.13 bits per heavy atom. The number of esters is 1. The van der Waals surface area contributed by atoms with E-state index in [2.05, 4.69) is 4.99 Å². The zero-order chi connectivity index (χ0) is 40.3. The number of carboxylic acid groups (broad SMARTS) is 3. The maximum Gasteiger partial charge on any atom is 0.410 e. The van der Waals surface area contributed by atoms with Crippen molar-refractivity contribution in [3.8, 4) is 5.75 Å². The number of hydrogen-bond acceptors (Lipinski definition) is 14. The number of aliphatic imine (C=N–C) groups is 1. The van der Waals surface area contributed by atoms with Crippen LogP contribution in [0.4, 0.5) is 10.5 Å². The maximum atomic E-state index is 13.0. The molecule has 0 aliphatic heterocycles. The molecule has 55 heavy (non-hydrogen) atoms. The fourth-order valence-electron chi connectivity index (χ4n) is 4.26. The number of guanidine groups is 1. The molecule has 2 aromatic rings. The Balaban J connectivity index is 1.66. The first-order valence-electron chi connectivity index (χ1n) is 17.0. The Labute approximate surface area is 316 Å². The molecule has 2 aromatic carbocycles. The number of benzene rings is 2. The molecule has 1 amide bonds. The van der Waals surface area contributed by atoms with Crippen molar-refractivity contribution in [1.82, 2.24) is 4.90 Å². The highest BCUT2D eigenvalue weighted by molar-refractivity contribution is 5.91. The van der Waals surface area contributed by atoms with Crippen LogP contribution >= 0.6 is 0 Å². The third kappa shape index (κ3) is 21.2. The topological polar surface area (TPSA) is 288 Å². The lowest BCUT2D eigenvalue weighted by molar-refractivity contribution is -0.149. The van der Waals surface area contributed by atoms with Gasteiger partial charge in [-0.3, -0.25) is 14.5 Å². The second-order valence-corrected chi connectivity index (χ2v) is 11.1. The molecule has 1 atom stereocenters. The lowest BCUT2D eigenvalue weighted by Gasteiger charge is -2.27. The largest absolute Gasteiger partial charge is 0.481 e. The van der Waals surface area contributed by atoms with Gasteiger partial charge in [-0.25, -0.2) is 19.4 Å². The number of aliphatic carboxylic acids is 3. The summed E-state index contributed by atoms with van der Waals surface area (Å²) in [5.74, 6) is -4.43. The predicted octanol–water partition coefficient (Wildman–Crippen LogP) is 1.25. The molecule has 1 unspecified atom stereocenters. The highest BCUT2D eigenvalue weighted by Crippen LogP contribution is 2.18. The molecule has 2 rings (SSSR count). The van der Waals surface area contributed by atoms with E-state index in [9.17, 15) is 34.2 Å². The Morgan fingerprint density at radius 1 is 0.636 bits per heavy atom. The molecule has 0 fully saturated rings. The molecule has 0 heterocycles. The number of carboxylic acids is 3. The second-order valence-electron chi connectivity index (χ2n) is 11.1. The average Bonchev–Trinajstić information content (AvgIpc) is 3.14. The van der Waals surface area contributed by atoms with Crippen LogP contribution in [0.15, 0.2) is 53.5 Å². The van der Waals surface area contributed by atoms with Gasteiger partial charge in [0.05, 0.1) is 103 Å². The van der Waals surface area contributed by atoms with E-state index in [0.717, 1.165) is 4.90 Å². The first kappa shape index (κ1) is 45.8. The smallest absolute Gasteiger partial charge is 0.410 e. The normalized spacial score (nSPS) is 11.3. The molecule has 20 nitrogen and oxygen atoms in total. The zero-order valence-corrected chi connectivity index (χ0v) is 30.2. The van der Waals surface area contributed by atoms with Gasteiger partial charge in [0.15, 0.2) is 5.96 Å². The lowest BCUT2D eigenvalue weighted by Crippen LogP contribution is -2.48. The van der Waals surface area contributed by atoms with Crippen molar-refractivity contribution >= 4 is 41.6 Å². The number of carbonyl (C=O) groups is 5. The van der Waals surface area contributed by atoms with Crippen LogP contribution in [-0.4, -0.2) is 148 Å². The number of nitrogens with zero attached hydrogens (tertiary/aromatic N) is 2. The van der Waals surface area contributed by atoms with Crippen LogP contribution in [0, 0.1) is 0 Å². The third-order valence-electron chi connectivity index (χ3n) is 6.92. The molecule has 0 radical (unpaired) electrons. The summed E-state index contributed by atoms with van der Waals surface area (Å²) in [6, 6.07) is 10.4. The molecule has 0 saturated heterocycles. The molecule has 0 saturated carbocycles. The average molecular weight is 781 g/mol. The van der Waals surface area contributed by atoms with Crippen LogP contribution in [0.2, 0.25) is 0 Å². The number of amides is 1. The number of rotatable bonds is 30. The molecule has 20 heteroatoms.